The van der Waals surface area contributed by atoms with Crippen LogP contribution in [-0.2, 0) is 19.3 Å². The fourth-order valence-corrected chi connectivity index (χ4v) is 4.41. The van der Waals surface area contributed by atoms with Crippen LogP contribution in [0.15, 0.2) is 60.7 Å². The summed E-state index contributed by atoms with van der Waals surface area (Å²) in [4.78, 5) is 0. The van der Waals surface area contributed by atoms with E-state index in [-0.39, 0.29) is 47.3 Å². The lowest BCUT2D eigenvalue weighted by Crippen LogP contribution is -1.98. The molecule has 6 nitrogen and oxygen atoms in total. The average Bonchev–Trinajstić information content (AvgIpc) is 2.80. The van der Waals surface area contributed by atoms with Crippen molar-refractivity contribution in [3.63, 3.8) is 0 Å². The molecule has 35 heavy (non-hydrogen) atoms. The SMILES string of the molecule is Cc1cc(Cc2cc(C)c(O)c(Cc3cc(O)ccc3O)c2)cc(Cc2cc(O)ccc2O)c1O. The smallest absolute Gasteiger partial charge is 0.122 e. The van der Waals surface area contributed by atoms with Crippen LogP contribution in [0.25, 0.3) is 0 Å². The largest absolute Gasteiger partial charge is 0.508 e. The second-order valence-corrected chi connectivity index (χ2v) is 9.00. The van der Waals surface area contributed by atoms with E-state index in [0.717, 1.165) is 11.1 Å². The Morgan fingerprint density at radius 2 is 0.857 bits per heavy atom. The number of benzene rings is 4. The molecule has 0 aromatic heterocycles. The third-order valence-electron chi connectivity index (χ3n) is 6.17. The van der Waals surface area contributed by atoms with Crippen molar-refractivity contribution in [1.82, 2.24) is 0 Å². The molecular weight excluding hydrogens is 444 g/mol. The molecule has 0 aliphatic heterocycles. The maximum Gasteiger partial charge on any atom is 0.122 e. The summed E-state index contributed by atoms with van der Waals surface area (Å²) in [5, 5.41) is 61.1. The first-order chi connectivity index (χ1) is 16.6. The van der Waals surface area contributed by atoms with Crippen LogP contribution in [-0.4, -0.2) is 30.6 Å². The fourth-order valence-electron chi connectivity index (χ4n) is 4.41. The Balaban J connectivity index is 1.66. The van der Waals surface area contributed by atoms with Crippen LogP contribution in [0.2, 0.25) is 0 Å². The average molecular weight is 473 g/mol. The summed E-state index contributed by atoms with van der Waals surface area (Å²) < 4.78 is 0. The van der Waals surface area contributed by atoms with Crippen LogP contribution < -0.4 is 0 Å². The van der Waals surface area contributed by atoms with Gasteiger partial charge in [-0.25, -0.2) is 0 Å². The fraction of sp³-hybridized carbons (Fsp3) is 0.172. The van der Waals surface area contributed by atoms with Gasteiger partial charge in [-0.3, -0.25) is 0 Å². The van der Waals surface area contributed by atoms with Crippen molar-refractivity contribution in [3.05, 3.63) is 105 Å². The molecule has 0 aliphatic carbocycles. The zero-order chi connectivity index (χ0) is 25.3. The van der Waals surface area contributed by atoms with Crippen LogP contribution >= 0.6 is 0 Å². The van der Waals surface area contributed by atoms with Crippen LogP contribution in [0.4, 0.5) is 0 Å². The molecule has 180 valence electrons. The molecule has 0 unspecified atom stereocenters. The Kier molecular flexibility index (Phi) is 6.47. The molecule has 4 rings (SSSR count). The number of rotatable bonds is 6. The highest BCUT2D eigenvalue weighted by Gasteiger charge is 2.14. The topological polar surface area (TPSA) is 121 Å². The minimum atomic E-state index is 0.0371. The molecule has 0 heterocycles. The monoisotopic (exact) mass is 472 g/mol. The molecule has 4 aromatic rings. The van der Waals surface area contributed by atoms with Gasteiger partial charge in [-0.05, 0) is 90.0 Å². The van der Waals surface area contributed by atoms with Crippen molar-refractivity contribution >= 4 is 0 Å². The lowest BCUT2D eigenvalue weighted by molar-refractivity contribution is 0.452. The molecule has 4 aromatic carbocycles. The minimum absolute atomic E-state index is 0.0371. The van der Waals surface area contributed by atoms with Crippen LogP contribution in [0.1, 0.15) is 44.5 Å². The number of hydrogen-bond acceptors (Lipinski definition) is 6. The van der Waals surface area contributed by atoms with Crippen molar-refractivity contribution in [2.24, 2.45) is 0 Å². The van der Waals surface area contributed by atoms with Crippen molar-refractivity contribution < 1.29 is 30.6 Å². The van der Waals surface area contributed by atoms with E-state index < -0.39 is 0 Å². The van der Waals surface area contributed by atoms with Gasteiger partial charge in [0.25, 0.3) is 0 Å². The van der Waals surface area contributed by atoms with Gasteiger partial charge in [-0.2, -0.15) is 0 Å². The van der Waals surface area contributed by atoms with E-state index in [1.807, 2.05) is 38.1 Å². The molecule has 0 radical (unpaired) electrons. The predicted octanol–water partition coefficient (Wildman–Crippen LogP) is 5.31. The Morgan fingerprint density at radius 1 is 0.457 bits per heavy atom. The first kappa shape index (κ1) is 23.8. The van der Waals surface area contributed by atoms with Crippen LogP contribution in [0, 0.1) is 13.8 Å². The van der Waals surface area contributed by atoms with Gasteiger partial charge in [0.15, 0.2) is 0 Å². The van der Waals surface area contributed by atoms with Gasteiger partial charge in [-0.15, -0.1) is 0 Å². The van der Waals surface area contributed by atoms with Gasteiger partial charge in [-0.1, -0.05) is 24.3 Å². The number of phenolic OH excluding ortho intramolecular Hbond substituents is 6. The minimum Gasteiger partial charge on any atom is -0.508 e. The standard InChI is InChI=1S/C29H28O6/c1-16-7-18(10-22(28(16)34)12-20-14-24(30)3-5-26(20)32)9-19-8-17(2)29(35)23(11-19)13-21-15-25(31)4-6-27(21)33/h3-8,10-11,14-15,30-35H,9,12-13H2,1-2H3. The molecule has 6 heteroatoms. The van der Waals surface area contributed by atoms with Gasteiger partial charge in [0.2, 0.25) is 0 Å². The zero-order valence-corrected chi connectivity index (χ0v) is 19.6. The van der Waals surface area contributed by atoms with Crippen molar-refractivity contribution in [2.75, 3.05) is 0 Å². The summed E-state index contributed by atoms with van der Waals surface area (Å²) in [5.74, 6) is 0.431. The van der Waals surface area contributed by atoms with E-state index in [9.17, 15) is 30.6 Å². The lowest BCUT2D eigenvalue weighted by Gasteiger charge is -2.15. The van der Waals surface area contributed by atoms with E-state index in [0.29, 0.717) is 39.8 Å². The first-order valence-corrected chi connectivity index (χ1v) is 11.2. The molecule has 0 atom stereocenters. The number of hydrogen-bond donors (Lipinski definition) is 6. The van der Waals surface area contributed by atoms with Gasteiger partial charge >= 0.3 is 0 Å². The van der Waals surface area contributed by atoms with Crippen molar-refractivity contribution in [3.8, 4) is 34.5 Å². The molecule has 0 saturated carbocycles. The van der Waals surface area contributed by atoms with E-state index in [2.05, 4.69) is 0 Å². The van der Waals surface area contributed by atoms with E-state index >= 15 is 0 Å². The summed E-state index contributed by atoms with van der Waals surface area (Å²) in [5.41, 5.74) is 5.52. The molecule has 6 N–H and O–H groups in total. The van der Waals surface area contributed by atoms with Gasteiger partial charge in [0, 0.05) is 24.0 Å². The zero-order valence-electron chi connectivity index (χ0n) is 19.6. The lowest BCUT2D eigenvalue weighted by atomic mass is 9.93. The molecule has 0 amide bonds. The van der Waals surface area contributed by atoms with Gasteiger partial charge in [0.05, 0.1) is 0 Å². The Morgan fingerprint density at radius 3 is 1.26 bits per heavy atom. The molecular formula is C29H28O6. The highest BCUT2D eigenvalue weighted by molar-refractivity contribution is 5.52. The van der Waals surface area contributed by atoms with E-state index in [1.165, 1.54) is 36.4 Å². The highest BCUT2D eigenvalue weighted by atomic mass is 16.3. The Labute approximate surface area is 203 Å². The van der Waals surface area contributed by atoms with Gasteiger partial charge in [0.1, 0.15) is 34.5 Å². The molecule has 0 spiro atoms. The van der Waals surface area contributed by atoms with E-state index in [4.69, 9.17) is 0 Å². The second-order valence-electron chi connectivity index (χ2n) is 9.00. The predicted molar refractivity (Wildman–Crippen MR) is 134 cm³/mol. The Hall–Kier alpha value is -4.32. The Bertz CT molecular complexity index is 1300. The van der Waals surface area contributed by atoms with E-state index in [1.54, 1.807) is 0 Å². The second kappa shape index (κ2) is 9.50. The normalized spacial score (nSPS) is 11.0. The summed E-state index contributed by atoms with van der Waals surface area (Å²) in [6.45, 7) is 3.62. The van der Waals surface area contributed by atoms with Gasteiger partial charge < -0.3 is 30.6 Å². The number of aryl methyl sites for hydroxylation is 2. The summed E-state index contributed by atoms with van der Waals surface area (Å²) in [6, 6.07) is 16.1. The van der Waals surface area contributed by atoms with Crippen LogP contribution in [0.3, 0.4) is 0 Å². The maximum atomic E-state index is 10.6. The molecule has 0 bridgehead atoms. The maximum absolute atomic E-state index is 10.6. The van der Waals surface area contributed by atoms with Crippen molar-refractivity contribution in [2.45, 2.75) is 33.1 Å². The van der Waals surface area contributed by atoms with Crippen molar-refractivity contribution in [1.29, 1.82) is 0 Å². The number of aromatic hydroxyl groups is 6. The first-order valence-electron chi connectivity index (χ1n) is 11.2. The highest BCUT2D eigenvalue weighted by Crippen LogP contribution is 2.34. The van der Waals surface area contributed by atoms with Crippen LogP contribution in [0.5, 0.6) is 34.5 Å². The number of phenols is 6. The summed E-state index contributed by atoms with van der Waals surface area (Å²) in [6.07, 6.45) is 1.02. The molecule has 0 aliphatic rings. The quantitative estimate of drug-likeness (QED) is 0.212. The molecule has 0 saturated heterocycles. The molecule has 0 fully saturated rings. The third kappa shape index (κ3) is 5.27. The summed E-state index contributed by atoms with van der Waals surface area (Å²) >= 11 is 0. The third-order valence-corrected chi connectivity index (χ3v) is 6.17. The summed E-state index contributed by atoms with van der Waals surface area (Å²) in [7, 11) is 0.